The van der Waals surface area contributed by atoms with Gasteiger partial charge in [0.05, 0.1) is 28.8 Å². The van der Waals surface area contributed by atoms with Crippen LogP contribution in [0.15, 0.2) is 23.8 Å². The number of benzene rings is 1. The maximum absolute atomic E-state index is 14.3. The summed E-state index contributed by atoms with van der Waals surface area (Å²) in [6.07, 6.45) is 5.41. The smallest absolute Gasteiger partial charge is 0.178 e. The Hall–Kier alpha value is -2.07. The van der Waals surface area contributed by atoms with Crippen LogP contribution in [0.25, 0.3) is 10.9 Å². The summed E-state index contributed by atoms with van der Waals surface area (Å²) in [5.74, 6) is 0.568. The van der Waals surface area contributed by atoms with E-state index in [4.69, 9.17) is 23.7 Å². The Morgan fingerprint density at radius 1 is 0.880 bits per heavy atom. The molecule has 0 bridgehead atoms. The van der Waals surface area contributed by atoms with Crippen molar-refractivity contribution in [1.82, 2.24) is 4.98 Å². The lowest BCUT2D eigenvalue weighted by Crippen LogP contribution is -2.77. The predicted molar refractivity (Wildman–Crippen MR) is 188 cm³/mol. The van der Waals surface area contributed by atoms with Gasteiger partial charge in [-0.15, -0.1) is 0 Å². The largest absolute Gasteiger partial charge is 0.386 e. The van der Waals surface area contributed by atoms with Crippen molar-refractivity contribution in [2.75, 3.05) is 0 Å². The second-order valence-electron chi connectivity index (χ2n) is 19.6. The van der Waals surface area contributed by atoms with Crippen LogP contribution in [-0.2, 0) is 41.9 Å². The van der Waals surface area contributed by atoms with E-state index in [1.807, 2.05) is 6.08 Å². The molecule has 50 heavy (non-hydrogen) atoms. The number of nitrogens with one attached hydrogen (secondary N) is 1. The molecule has 1 aromatic carbocycles. The fourth-order valence-corrected chi connectivity index (χ4v) is 13.6. The number of aromatic amines is 1. The molecule has 270 valence electrons. The quantitative estimate of drug-likeness (QED) is 0.250. The topological polar surface area (TPSA) is 103 Å². The number of hydrogen-bond donors (Lipinski definition) is 2. The number of rotatable bonds is 1. The van der Waals surface area contributed by atoms with Crippen LogP contribution in [-0.4, -0.2) is 74.6 Å². The molecule has 0 amide bonds. The molecular weight excluding hydrogens is 630 g/mol. The molecule has 6 fully saturated rings. The molecule has 5 heterocycles. The number of epoxide rings is 1. The Morgan fingerprint density at radius 3 is 2.38 bits per heavy atom. The molecule has 4 aliphatic carbocycles. The lowest BCUT2D eigenvalue weighted by atomic mass is 9.40. The highest BCUT2D eigenvalue weighted by molar-refractivity contribution is 6.06. The first-order valence-corrected chi connectivity index (χ1v) is 19.3. The molecule has 4 saturated heterocycles. The van der Waals surface area contributed by atoms with E-state index in [0.29, 0.717) is 12.3 Å². The van der Waals surface area contributed by atoms with Crippen LogP contribution in [0, 0.1) is 23.2 Å². The molecule has 2 N–H and O–H groups in total. The highest BCUT2D eigenvalue weighted by Crippen LogP contribution is 2.75. The van der Waals surface area contributed by atoms with E-state index in [-0.39, 0.29) is 53.1 Å². The summed E-state index contributed by atoms with van der Waals surface area (Å²) in [6.45, 7) is 21.5. The number of carbonyl (C=O) groups excluding carboxylic acids is 1. The summed E-state index contributed by atoms with van der Waals surface area (Å²) in [5, 5.41) is 14.7. The number of hydrogen-bond acceptors (Lipinski definition) is 7. The molecule has 2 unspecified atom stereocenters. The Morgan fingerprint density at radius 2 is 1.64 bits per heavy atom. The van der Waals surface area contributed by atoms with Gasteiger partial charge >= 0.3 is 0 Å². The van der Waals surface area contributed by atoms with Crippen LogP contribution in [0.3, 0.4) is 0 Å². The number of ether oxygens (including phenoxy) is 5. The van der Waals surface area contributed by atoms with Crippen molar-refractivity contribution < 1.29 is 33.6 Å². The van der Waals surface area contributed by atoms with Crippen molar-refractivity contribution in [3.05, 3.63) is 46.2 Å². The second-order valence-corrected chi connectivity index (χ2v) is 19.6. The van der Waals surface area contributed by atoms with E-state index in [1.54, 1.807) is 0 Å². The molecule has 2 aromatic rings. The van der Waals surface area contributed by atoms with Gasteiger partial charge in [-0.05, 0) is 129 Å². The highest BCUT2D eigenvalue weighted by Gasteiger charge is 2.87. The zero-order valence-corrected chi connectivity index (χ0v) is 31.5. The average molecular weight is 686 g/mol. The number of allylic oxidation sites excluding steroid dienone is 1. The predicted octanol–water partition coefficient (Wildman–Crippen LogP) is 6.87. The summed E-state index contributed by atoms with van der Waals surface area (Å²) in [7, 11) is 0. The van der Waals surface area contributed by atoms with E-state index in [9.17, 15) is 9.90 Å². The van der Waals surface area contributed by atoms with Gasteiger partial charge < -0.3 is 33.8 Å². The van der Waals surface area contributed by atoms with Gasteiger partial charge in [0.1, 0.15) is 23.9 Å². The van der Waals surface area contributed by atoms with Crippen LogP contribution in [0.2, 0.25) is 0 Å². The lowest BCUT2D eigenvalue weighted by Gasteiger charge is -2.66. The van der Waals surface area contributed by atoms with Gasteiger partial charge in [0.25, 0.3) is 0 Å². The van der Waals surface area contributed by atoms with Gasteiger partial charge in [0, 0.05) is 38.9 Å². The molecule has 12 atom stereocenters. The molecule has 8 nitrogen and oxygen atoms in total. The van der Waals surface area contributed by atoms with Crippen LogP contribution in [0.1, 0.15) is 122 Å². The van der Waals surface area contributed by atoms with Crippen molar-refractivity contribution in [1.29, 1.82) is 0 Å². The summed E-state index contributed by atoms with van der Waals surface area (Å²) in [6, 6.07) is 4.19. The molecule has 1 aromatic heterocycles. The van der Waals surface area contributed by atoms with E-state index < -0.39 is 34.1 Å². The first-order chi connectivity index (χ1) is 23.3. The zero-order valence-electron chi connectivity index (χ0n) is 31.5. The number of fused-ring (bicyclic) bond motifs is 12. The minimum atomic E-state index is -1.11. The number of H-pyrrole nitrogens is 1. The van der Waals surface area contributed by atoms with Crippen molar-refractivity contribution in [2.45, 2.75) is 172 Å². The van der Waals surface area contributed by atoms with Crippen LogP contribution in [0.5, 0.6) is 0 Å². The third-order valence-electron chi connectivity index (χ3n) is 15.9. The zero-order chi connectivity index (χ0) is 35.3. The van der Waals surface area contributed by atoms with E-state index in [0.717, 1.165) is 48.8 Å². The minimum absolute atomic E-state index is 0.123. The van der Waals surface area contributed by atoms with Crippen LogP contribution < -0.4 is 0 Å². The summed E-state index contributed by atoms with van der Waals surface area (Å²) >= 11 is 0. The van der Waals surface area contributed by atoms with Gasteiger partial charge in [0.2, 0.25) is 0 Å². The maximum atomic E-state index is 14.3. The fraction of sp³-hybridized carbons (Fsp3) is 0.738. The Bertz CT molecular complexity index is 1900. The van der Waals surface area contributed by atoms with Gasteiger partial charge in [0.15, 0.2) is 17.7 Å². The van der Waals surface area contributed by atoms with Crippen LogP contribution >= 0.6 is 0 Å². The van der Waals surface area contributed by atoms with Crippen molar-refractivity contribution in [3.8, 4) is 0 Å². The third kappa shape index (κ3) is 3.54. The fourth-order valence-electron chi connectivity index (χ4n) is 13.6. The number of carbonyl (C=O) groups is 1. The van der Waals surface area contributed by atoms with Crippen molar-refractivity contribution in [3.63, 3.8) is 0 Å². The molecule has 8 heteroatoms. The van der Waals surface area contributed by atoms with Crippen LogP contribution in [0.4, 0.5) is 0 Å². The monoisotopic (exact) mass is 685 g/mol. The SMILES string of the molecule is CC(C)=C[C@H]1O[C@H]2[C@H]3O[C@@]34[C@H](CC[C@@]3(C)[C@@]4(O)CC[C@H]4Cc5c([nH]c6ccc7c(c56)CC5C(C7=O)C(C)(C)OC5(C)C)[C@@]43C)O[C@@H]2C(C)(C)O1. The third-order valence-corrected chi connectivity index (χ3v) is 15.9. The Labute approximate surface area is 296 Å². The molecular formula is C42H55NO7. The standard InChI is InChI=1S/C42H55NO7/c1-20(2)17-28-47-32-34(38(7,8)48-28)46-27-14-15-39(9)40(10)21(13-16-41(39,45)42(27)35(32)49-42)18-24-29-23-19-25-30(37(5,6)50-36(25,3)4)31(44)22(23)11-12-26(29)43-33(24)40/h11-12,17,21,25,27-28,30,32,34-35,43,45H,13-16,18-19H2,1-10H3/t21-,25?,27-,28-,30?,32+,34-,35+,39+,40+,41-,42-/m0/s1. The van der Waals surface area contributed by atoms with Crippen molar-refractivity contribution in [2.24, 2.45) is 23.2 Å². The first-order valence-electron chi connectivity index (χ1n) is 19.3. The molecule has 0 radical (unpaired) electrons. The average Bonchev–Trinajstić information content (AvgIpc) is 3.51. The Balaban J connectivity index is 1.07. The van der Waals surface area contributed by atoms with E-state index in [1.165, 1.54) is 22.2 Å². The highest BCUT2D eigenvalue weighted by atomic mass is 16.8. The summed E-state index contributed by atoms with van der Waals surface area (Å²) < 4.78 is 33.4. The summed E-state index contributed by atoms with van der Waals surface area (Å²) in [5.41, 5.74) is 2.69. The number of aliphatic hydroxyl groups is 1. The molecule has 2 saturated carbocycles. The molecule has 10 rings (SSSR count). The minimum Gasteiger partial charge on any atom is -0.386 e. The number of ketones is 1. The second kappa shape index (κ2) is 9.34. The van der Waals surface area contributed by atoms with Gasteiger partial charge in [-0.2, -0.15) is 0 Å². The molecule has 8 aliphatic rings. The van der Waals surface area contributed by atoms with E-state index >= 15 is 0 Å². The van der Waals surface area contributed by atoms with Gasteiger partial charge in [-0.25, -0.2) is 0 Å². The first kappa shape index (κ1) is 32.6. The number of Topliss-reactive ketones (excluding diaryl/α,β-unsaturated/α-hetero) is 1. The lowest BCUT2D eigenvalue weighted by molar-refractivity contribution is -0.343. The molecule has 4 aliphatic heterocycles. The van der Waals surface area contributed by atoms with Gasteiger partial charge in [-0.1, -0.05) is 19.4 Å². The Kier molecular flexibility index (Phi) is 6.09. The van der Waals surface area contributed by atoms with E-state index in [2.05, 4.69) is 86.4 Å². The van der Waals surface area contributed by atoms with Crippen molar-refractivity contribution >= 4 is 16.7 Å². The van der Waals surface area contributed by atoms with Gasteiger partial charge in [-0.3, -0.25) is 4.79 Å². The normalized spacial score (nSPS) is 48.3. The molecule has 1 spiro atoms. The number of aromatic nitrogens is 1. The summed E-state index contributed by atoms with van der Waals surface area (Å²) in [4.78, 5) is 18.2. The maximum Gasteiger partial charge on any atom is 0.178 e.